The summed E-state index contributed by atoms with van der Waals surface area (Å²) in [5, 5.41) is 1.67. The second-order valence-electron chi connectivity index (χ2n) is 9.64. The fourth-order valence-electron chi connectivity index (χ4n) is 4.87. The van der Waals surface area contributed by atoms with Crippen LogP contribution >= 0.6 is 11.3 Å². The molecule has 0 saturated heterocycles. The summed E-state index contributed by atoms with van der Waals surface area (Å²) >= 11 is 0.835. The van der Waals surface area contributed by atoms with E-state index in [4.69, 9.17) is 18.9 Å². The average Bonchev–Trinajstić information content (AvgIpc) is 3.44. The van der Waals surface area contributed by atoms with Crippen molar-refractivity contribution >= 4 is 34.2 Å². The number of ether oxygens (including phenoxy) is 4. The molecule has 0 amide bonds. The van der Waals surface area contributed by atoms with E-state index in [9.17, 15) is 22.8 Å². The number of aryl methyl sites for hydroxylation is 1. The molecule has 1 aromatic carbocycles. The molecule has 1 aliphatic rings. The van der Waals surface area contributed by atoms with Crippen molar-refractivity contribution in [2.75, 3.05) is 20.8 Å². The Kier molecular flexibility index (Phi) is 9.17. The minimum Gasteiger partial charge on any atom is -0.496 e. The van der Waals surface area contributed by atoms with E-state index >= 15 is 0 Å². The molecule has 3 atom stereocenters. The summed E-state index contributed by atoms with van der Waals surface area (Å²) in [5.74, 6) is -1.39. The van der Waals surface area contributed by atoms with E-state index in [2.05, 4.69) is 9.97 Å². The van der Waals surface area contributed by atoms with Gasteiger partial charge in [0.05, 0.1) is 44.3 Å². The van der Waals surface area contributed by atoms with Crippen LogP contribution in [0.2, 0.25) is 0 Å². The predicted octanol–water partition coefficient (Wildman–Crippen LogP) is 6.37. The van der Waals surface area contributed by atoms with Gasteiger partial charge < -0.3 is 18.9 Å². The summed E-state index contributed by atoms with van der Waals surface area (Å²) in [6.07, 6.45) is -2.44. The Morgan fingerprint density at radius 2 is 1.85 bits per heavy atom. The number of nitrogens with zero attached hydrogens (tertiary/aromatic N) is 2. The van der Waals surface area contributed by atoms with Gasteiger partial charge in [0.15, 0.2) is 5.69 Å². The van der Waals surface area contributed by atoms with E-state index in [0.29, 0.717) is 47.2 Å². The number of hydrogen-bond donors (Lipinski definition) is 0. The van der Waals surface area contributed by atoms with E-state index in [-0.39, 0.29) is 23.7 Å². The van der Waals surface area contributed by atoms with Crippen LogP contribution < -0.4 is 9.47 Å². The largest absolute Gasteiger partial charge is 0.496 e. The van der Waals surface area contributed by atoms with Crippen molar-refractivity contribution in [3.05, 3.63) is 34.8 Å². The van der Waals surface area contributed by atoms with Gasteiger partial charge in [-0.2, -0.15) is 13.2 Å². The molecule has 4 rings (SSSR count). The molecule has 40 heavy (non-hydrogen) atoms. The van der Waals surface area contributed by atoms with Crippen molar-refractivity contribution in [1.82, 2.24) is 9.97 Å². The van der Waals surface area contributed by atoms with Crippen LogP contribution in [0.1, 0.15) is 50.3 Å². The molecule has 0 aliphatic heterocycles. The highest BCUT2D eigenvalue weighted by Gasteiger charge is 2.42. The number of hydrogen-bond acceptors (Lipinski definition) is 9. The van der Waals surface area contributed by atoms with Crippen LogP contribution in [0.15, 0.2) is 23.6 Å². The van der Waals surface area contributed by atoms with E-state index < -0.39 is 41.7 Å². The van der Waals surface area contributed by atoms with Crippen LogP contribution in [0.4, 0.5) is 13.2 Å². The van der Waals surface area contributed by atoms with Crippen molar-refractivity contribution in [3.8, 4) is 22.2 Å². The molecule has 1 aliphatic carbocycles. The zero-order chi connectivity index (χ0) is 29.0. The number of alkyl halides is 3. The maximum atomic E-state index is 13.2. The van der Waals surface area contributed by atoms with Gasteiger partial charge in [0.25, 0.3) is 0 Å². The molecule has 12 heteroatoms. The Bertz CT molecular complexity index is 1380. The number of fused-ring (bicyclic) bond motifs is 1. The van der Waals surface area contributed by atoms with Crippen molar-refractivity contribution in [1.29, 1.82) is 0 Å². The first-order chi connectivity index (χ1) is 19.1. The number of benzene rings is 1. The van der Waals surface area contributed by atoms with E-state index in [1.807, 2.05) is 6.92 Å². The van der Waals surface area contributed by atoms with Crippen LogP contribution in [0.25, 0.3) is 21.6 Å². The van der Waals surface area contributed by atoms with Crippen LogP contribution in [0, 0.1) is 18.8 Å². The molecular formula is C28H31F3N2O6S. The fraction of sp³-hybridized carbons (Fsp3) is 0.500. The normalized spacial score (nSPS) is 19.3. The molecule has 1 fully saturated rings. The van der Waals surface area contributed by atoms with E-state index in [0.717, 1.165) is 23.1 Å². The van der Waals surface area contributed by atoms with Gasteiger partial charge in [0.2, 0.25) is 0 Å². The lowest BCUT2D eigenvalue weighted by atomic mass is 9.77. The first-order valence-electron chi connectivity index (χ1n) is 13.0. The van der Waals surface area contributed by atoms with Gasteiger partial charge in [0, 0.05) is 22.4 Å². The summed E-state index contributed by atoms with van der Waals surface area (Å²) in [7, 11) is 2.81. The number of carbonyl (C=O) groups is 2. The number of thiazole rings is 1. The maximum Gasteiger partial charge on any atom is 0.434 e. The minimum absolute atomic E-state index is 0.0908. The molecule has 0 bridgehead atoms. The highest BCUT2D eigenvalue weighted by Crippen LogP contribution is 2.40. The second-order valence-corrected chi connectivity index (χ2v) is 10.5. The second kappa shape index (κ2) is 12.4. The molecule has 0 radical (unpaired) electrons. The fourth-order valence-corrected chi connectivity index (χ4v) is 5.65. The maximum absolute atomic E-state index is 13.2. The lowest BCUT2D eigenvalue weighted by Gasteiger charge is -2.33. The van der Waals surface area contributed by atoms with Crippen LogP contribution in [-0.2, 0) is 25.2 Å². The number of carbonyl (C=O) groups excluding carboxylic acids is 2. The third-order valence-electron chi connectivity index (χ3n) is 7.03. The van der Waals surface area contributed by atoms with Crippen LogP contribution in [-0.4, -0.2) is 48.8 Å². The first-order valence-corrected chi connectivity index (χ1v) is 13.9. The number of aromatic nitrogens is 2. The van der Waals surface area contributed by atoms with Gasteiger partial charge in [-0.1, -0.05) is 13.3 Å². The van der Waals surface area contributed by atoms with Crippen molar-refractivity contribution in [3.63, 3.8) is 0 Å². The van der Waals surface area contributed by atoms with Gasteiger partial charge in [-0.3, -0.25) is 9.59 Å². The lowest BCUT2D eigenvalue weighted by molar-refractivity contribution is -0.163. The average molecular weight is 581 g/mol. The number of esters is 2. The Labute approximate surface area is 233 Å². The topological polar surface area (TPSA) is 96.8 Å². The zero-order valence-corrected chi connectivity index (χ0v) is 23.5. The third kappa shape index (κ3) is 6.32. The molecule has 8 nitrogen and oxygen atoms in total. The summed E-state index contributed by atoms with van der Waals surface area (Å²) in [5.41, 5.74) is 0.406. The Morgan fingerprint density at radius 3 is 2.50 bits per heavy atom. The van der Waals surface area contributed by atoms with E-state index in [1.54, 1.807) is 25.1 Å². The van der Waals surface area contributed by atoms with Gasteiger partial charge in [-0.15, -0.1) is 11.3 Å². The predicted molar refractivity (Wildman–Crippen MR) is 142 cm³/mol. The summed E-state index contributed by atoms with van der Waals surface area (Å²) < 4.78 is 62.0. The summed E-state index contributed by atoms with van der Waals surface area (Å²) in [6, 6.07) is 5.10. The Balaban J connectivity index is 1.70. The molecule has 2 aromatic heterocycles. The smallest absolute Gasteiger partial charge is 0.434 e. The number of unbranched alkanes of at least 4 members (excludes halogenated alkanes) is 1. The van der Waals surface area contributed by atoms with Gasteiger partial charge in [0.1, 0.15) is 22.2 Å². The SMILES string of the molecule is CCCCOC(=O)[C@@H]1C[C@@H](Oc2cc(-c3nc(C(F)(F)F)cs3)nc3c(C)c(OC)ccc23)CC[C@H]1C(=O)OC. The number of pyridine rings is 1. The van der Waals surface area contributed by atoms with Crippen molar-refractivity contribution in [2.24, 2.45) is 11.8 Å². The number of rotatable bonds is 9. The molecule has 0 spiro atoms. The van der Waals surface area contributed by atoms with Gasteiger partial charge >= 0.3 is 18.1 Å². The molecule has 0 N–H and O–H groups in total. The Hall–Kier alpha value is -3.41. The standard InChI is InChI=1S/C28H31F3N2O6S/c1-5-6-11-38-27(35)19-12-16(7-8-17(19)26(34)37-4)39-22-13-20(25-33-23(14-40-25)28(29,30)31)32-24-15(2)21(36-3)10-9-18(22)24/h9-10,13-14,16-17,19H,5-8,11-12H2,1-4H3/t16-,17+,19+/m0/s1. The first kappa shape index (κ1) is 29.6. The van der Waals surface area contributed by atoms with E-state index in [1.165, 1.54) is 14.2 Å². The Morgan fingerprint density at radius 1 is 1.07 bits per heavy atom. The van der Waals surface area contributed by atoms with Crippen LogP contribution in [0.3, 0.4) is 0 Å². The highest BCUT2D eigenvalue weighted by molar-refractivity contribution is 7.13. The molecule has 0 unspecified atom stereocenters. The summed E-state index contributed by atoms with van der Waals surface area (Å²) in [6.45, 7) is 4.04. The zero-order valence-electron chi connectivity index (χ0n) is 22.7. The number of halogens is 3. The van der Waals surface area contributed by atoms with Crippen molar-refractivity contribution in [2.45, 2.75) is 58.2 Å². The van der Waals surface area contributed by atoms with Gasteiger partial charge in [-0.05, 0) is 44.7 Å². The minimum atomic E-state index is -4.58. The summed E-state index contributed by atoms with van der Waals surface area (Å²) in [4.78, 5) is 33.8. The molecular weight excluding hydrogens is 549 g/mol. The van der Waals surface area contributed by atoms with Gasteiger partial charge in [-0.25, -0.2) is 9.97 Å². The highest BCUT2D eigenvalue weighted by atomic mass is 32.1. The monoisotopic (exact) mass is 580 g/mol. The van der Waals surface area contributed by atoms with Crippen LogP contribution in [0.5, 0.6) is 11.5 Å². The molecule has 1 saturated carbocycles. The number of methoxy groups -OCH3 is 2. The molecule has 3 aromatic rings. The van der Waals surface area contributed by atoms with Crippen molar-refractivity contribution < 1.29 is 41.7 Å². The third-order valence-corrected chi connectivity index (χ3v) is 7.89. The quantitative estimate of drug-likeness (QED) is 0.213. The lowest BCUT2D eigenvalue weighted by Crippen LogP contribution is -2.40. The molecule has 216 valence electrons. The molecule has 2 heterocycles.